The molecule has 1 aromatic carbocycles. The van der Waals surface area contributed by atoms with Gasteiger partial charge in [0.15, 0.2) is 0 Å². The van der Waals surface area contributed by atoms with Gasteiger partial charge in [0.1, 0.15) is 0 Å². The van der Waals surface area contributed by atoms with Gasteiger partial charge in [0.25, 0.3) is 0 Å². The largest absolute Gasteiger partial charge is 0.370 e. The Hall–Kier alpha value is -2.30. The summed E-state index contributed by atoms with van der Waals surface area (Å²) in [5, 5.41) is 3.05. The average Bonchev–Trinajstić information content (AvgIpc) is 2.63. The molecule has 1 heterocycles. The molecule has 1 atom stereocenters. The van der Waals surface area contributed by atoms with Gasteiger partial charge in [-0.1, -0.05) is 12.2 Å². The van der Waals surface area contributed by atoms with Gasteiger partial charge < -0.3 is 16.0 Å². The van der Waals surface area contributed by atoms with E-state index in [0.29, 0.717) is 11.3 Å². The van der Waals surface area contributed by atoms with Crippen LogP contribution in [0.5, 0.6) is 0 Å². The van der Waals surface area contributed by atoms with Crippen LogP contribution in [-0.2, 0) is 4.79 Å². The first kappa shape index (κ1) is 16.6. The third kappa shape index (κ3) is 3.78. The number of allylic oxidation sites excluding steroid dienone is 2. The van der Waals surface area contributed by atoms with Crippen LogP contribution in [0.25, 0.3) is 0 Å². The van der Waals surface area contributed by atoms with E-state index in [1.807, 2.05) is 6.07 Å². The van der Waals surface area contributed by atoms with Crippen molar-refractivity contribution in [2.24, 2.45) is 11.7 Å². The van der Waals surface area contributed by atoms with E-state index in [1.165, 1.54) is 6.42 Å². The minimum atomic E-state index is -0.476. The maximum absolute atomic E-state index is 12.6. The number of nitrogens with one attached hydrogen (secondary N) is 1. The van der Waals surface area contributed by atoms with E-state index in [-0.39, 0.29) is 11.8 Å². The first-order valence-electron chi connectivity index (χ1n) is 8.80. The number of carbonyl (C=O) groups excluding carboxylic acids is 2. The summed E-state index contributed by atoms with van der Waals surface area (Å²) in [5.74, 6) is -0.447. The molecule has 5 heteroatoms. The number of piperidine rings is 1. The predicted octanol–water partition coefficient (Wildman–Crippen LogP) is 3.07. The highest BCUT2D eigenvalue weighted by atomic mass is 16.2. The Labute approximate surface area is 142 Å². The van der Waals surface area contributed by atoms with Crippen molar-refractivity contribution in [2.45, 2.75) is 38.5 Å². The zero-order chi connectivity index (χ0) is 16.9. The lowest BCUT2D eigenvalue weighted by Gasteiger charge is -2.31. The summed E-state index contributed by atoms with van der Waals surface area (Å²) in [4.78, 5) is 26.4. The highest BCUT2D eigenvalue weighted by Gasteiger charge is 2.22. The molecule has 24 heavy (non-hydrogen) atoms. The van der Waals surface area contributed by atoms with Crippen LogP contribution in [-0.4, -0.2) is 24.9 Å². The second-order valence-corrected chi connectivity index (χ2v) is 6.61. The molecular formula is C19H25N3O2. The molecule has 1 saturated heterocycles. The van der Waals surface area contributed by atoms with E-state index < -0.39 is 5.91 Å². The molecule has 128 valence electrons. The van der Waals surface area contributed by atoms with Crippen molar-refractivity contribution in [3.8, 4) is 0 Å². The number of hydrogen-bond acceptors (Lipinski definition) is 3. The quantitative estimate of drug-likeness (QED) is 0.835. The third-order valence-corrected chi connectivity index (χ3v) is 4.88. The van der Waals surface area contributed by atoms with Crippen LogP contribution in [0.1, 0.15) is 48.9 Å². The van der Waals surface area contributed by atoms with Gasteiger partial charge in [-0.25, -0.2) is 0 Å². The smallest absolute Gasteiger partial charge is 0.248 e. The van der Waals surface area contributed by atoms with Gasteiger partial charge in [0.2, 0.25) is 11.8 Å². The Morgan fingerprint density at radius 1 is 1.12 bits per heavy atom. The Balaban J connectivity index is 1.84. The minimum Gasteiger partial charge on any atom is -0.370 e. The normalized spacial score (nSPS) is 20.7. The van der Waals surface area contributed by atoms with Crippen LogP contribution >= 0.6 is 0 Å². The summed E-state index contributed by atoms with van der Waals surface area (Å²) in [5.41, 5.74) is 7.52. The van der Waals surface area contributed by atoms with E-state index in [1.54, 1.807) is 12.1 Å². The van der Waals surface area contributed by atoms with Crippen LogP contribution in [0.3, 0.4) is 0 Å². The second kappa shape index (κ2) is 7.51. The summed E-state index contributed by atoms with van der Waals surface area (Å²) in [6.45, 7) is 1.95. The molecule has 2 amide bonds. The molecule has 0 spiro atoms. The molecule has 2 aliphatic rings. The van der Waals surface area contributed by atoms with Crippen molar-refractivity contribution in [3.63, 3.8) is 0 Å². The average molecular weight is 327 g/mol. The van der Waals surface area contributed by atoms with Crippen LogP contribution in [0.2, 0.25) is 0 Å². The highest BCUT2D eigenvalue weighted by molar-refractivity contribution is 6.00. The molecule has 1 unspecified atom stereocenters. The zero-order valence-electron chi connectivity index (χ0n) is 14.0. The number of anilines is 2. The van der Waals surface area contributed by atoms with Crippen molar-refractivity contribution in [1.82, 2.24) is 0 Å². The van der Waals surface area contributed by atoms with Gasteiger partial charge in [-0.15, -0.1) is 0 Å². The molecular weight excluding hydrogens is 302 g/mol. The number of amides is 2. The second-order valence-electron chi connectivity index (χ2n) is 6.61. The number of hydrogen-bond donors (Lipinski definition) is 2. The molecule has 3 rings (SSSR count). The predicted molar refractivity (Wildman–Crippen MR) is 96.1 cm³/mol. The molecule has 1 aliphatic carbocycles. The summed E-state index contributed by atoms with van der Waals surface area (Å²) in [7, 11) is 0. The topological polar surface area (TPSA) is 75.4 Å². The molecule has 5 nitrogen and oxygen atoms in total. The number of benzene rings is 1. The monoisotopic (exact) mass is 327 g/mol. The van der Waals surface area contributed by atoms with Crippen molar-refractivity contribution in [3.05, 3.63) is 35.9 Å². The zero-order valence-corrected chi connectivity index (χ0v) is 14.0. The number of nitrogens with zero attached hydrogens (tertiary/aromatic N) is 1. The Kier molecular flexibility index (Phi) is 5.18. The van der Waals surface area contributed by atoms with Crippen molar-refractivity contribution in [1.29, 1.82) is 0 Å². The summed E-state index contributed by atoms with van der Waals surface area (Å²) >= 11 is 0. The molecule has 1 aliphatic heterocycles. The lowest BCUT2D eigenvalue weighted by molar-refractivity contribution is -0.120. The molecule has 1 fully saturated rings. The fourth-order valence-corrected chi connectivity index (χ4v) is 3.47. The summed E-state index contributed by atoms with van der Waals surface area (Å²) < 4.78 is 0. The fourth-order valence-electron chi connectivity index (χ4n) is 3.47. The SMILES string of the molecule is NC(=O)c1ccc(N2CCCCC2)c(NC(=O)C2CC=CCC2)c1. The van der Waals surface area contributed by atoms with E-state index in [0.717, 1.165) is 50.9 Å². The third-order valence-electron chi connectivity index (χ3n) is 4.88. The van der Waals surface area contributed by atoms with Gasteiger partial charge in [-0.05, 0) is 56.7 Å². The van der Waals surface area contributed by atoms with Crippen molar-refractivity contribution < 1.29 is 9.59 Å². The standard InChI is InChI=1S/C19H25N3O2/c20-18(23)15-9-10-17(22-11-5-2-6-12-22)16(13-15)21-19(24)14-7-3-1-4-8-14/h1,3,9-10,13-14H,2,4-8,11-12H2,(H2,20,23)(H,21,24). The van der Waals surface area contributed by atoms with Crippen LogP contribution in [0.15, 0.2) is 30.4 Å². The maximum atomic E-state index is 12.6. The number of rotatable bonds is 4. The Morgan fingerprint density at radius 2 is 1.92 bits per heavy atom. The minimum absolute atomic E-state index is 0.00133. The van der Waals surface area contributed by atoms with Gasteiger partial charge >= 0.3 is 0 Å². The number of primary amides is 1. The number of nitrogens with two attached hydrogens (primary N) is 1. The van der Waals surface area contributed by atoms with E-state index in [9.17, 15) is 9.59 Å². The molecule has 0 bridgehead atoms. The highest BCUT2D eigenvalue weighted by Crippen LogP contribution is 2.31. The lowest BCUT2D eigenvalue weighted by Crippen LogP contribution is -2.31. The van der Waals surface area contributed by atoms with E-state index in [4.69, 9.17) is 5.73 Å². The van der Waals surface area contributed by atoms with Crippen LogP contribution in [0.4, 0.5) is 11.4 Å². The van der Waals surface area contributed by atoms with Crippen molar-refractivity contribution >= 4 is 23.2 Å². The van der Waals surface area contributed by atoms with E-state index >= 15 is 0 Å². The fraction of sp³-hybridized carbons (Fsp3) is 0.474. The molecule has 3 N–H and O–H groups in total. The molecule has 1 aromatic rings. The van der Waals surface area contributed by atoms with Crippen LogP contribution in [0, 0.1) is 5.92 Å². The van der Waals surface area contributed by atoms with E-state index in [2.05, 4.69) is 22.4 Å². The molecule has 0 aromatic heterocycles. The van der Waals surface area contributed by atoms with Gasteiger partial charge in [0, 0.05) is 24.6 Å². The number of carbonyl (C=O) groups is 2. The van der Waals surface area contributed by atoms with Gasteiger partial charge in [0.05, 0.1) is 11.4 Å². The maximum Gasteiger partial charge on any atom is 0.248 e. The van der Waals surface area contributed by atoms with Gasteiger partial charge in [-0.3, -0.25) is 9.59 Å². The van der Waals surface area contributed by atoms with Crippen molar-refractivity contribution in [2.75, 3.05) is 23.3 Å². The van der Waals surface area contributed by atoms with Gasteiger partial charge in [-0.2, -0.15) is 0 Å². The Morgan fingerprint density at radius 3 is 2.58 bits per heavy atom. The Bertz CT molecular complexity index is 648. The van der Waals surface area contributed by atoms with Crippen LogP contribution < -0.4 is 16.0 Å². The lowest BCUT2D eigenvalue weighted by atomic mass is 9.93. The summed E-state index contributed by atoms with van der Waals surface area (Å²) in [6, 6.07) is 5.36. The first-order chi connectivity index (χ1) is 11.6. The first-order valence-corrected chi connectivity index (χ1v) is 8.80. The molecule has 0 radical (unpaired) electrons. The molecule has 0 saturated carbocycles. The summed E-state index contributed by atoms with van der Waals surface area (Å²) in [6.07, 6.45) is 10.3.